The van der Waals surface area contributed by atoms with Crippen LogP contribution in [0.15, 0.2) is 60.7 Å². The quantitative estimate of drug-likeness (QED) is 0.283. The van der Waals surface area contributed by atoms with E-state index in [2.05, 4.69) is 93.0 Å². The summed E-state index contributed by atoms with van der Waals surface area (Å²) in [4.78, 5) is 0. The summed E-state index contributed by atoms with van der Waals surface area (Å²) in [6.45, 7) is 8.15. The maximum atomic E-state index is 8.60. The zero-order valence-corrected chi connectivity index (χ0v) is 23.0. The van der Waals surface area contributed by atoms with E-state index in [1.165, 1.54) is 53.8 Å². The van der Waals surface area contributed by atoms with E-state index in [4.69, 9.17) is 28.1 Å². The van der Waals surface area contributed by atoms with E-state index in [9.17, 15) is 0 Å². The van der Waals surface area contributed by atoms with Gasteiger partial charge in [-0.2, -0.15) is 18.5 Å². The number of ether oxygens (including phenoxy) is 2. The Hall–Kier alpha value is -2.68. The summed E-state index contributed by atoms with van der Waals surface area (Å²) in [5.41, 5.74) is 6.02. The number of aromatic nitrogens is 1. The smallest absolute Gasteiger partial charge is 0.213 e. The van der Waals surface area contributed by atoms with Gasteiger partial charge < -0.3 is 9.47 Å². The standard InChI is InChI=1S/C29H38NO2.ClHO4/c1-5-7-9-19-31-27-15-11-24(12-16-27)26-21-23(3)30(4)29(22-26)25-13-17-28(18-14-25)32-20-10-8-6-2;2-1(3,4)5/h11-18,21-22H,5-10,19-20H2,1-4H3;(H,2,3,4,5)/q+1;. The summed E-state index contributed by atoms with van der Waals surface area (Å²) >= 11 is 0. The monoisotopic (exact) mass is 532 g/mol. The van der Waals surface area contributed by atoms with E-state index in [0.29, 0.717) is 0 Å². The molecule has 0 aliphatic rings. The molecule has 3 rings (SSSR count). The minimum atomic E-state index is -4.69. The minimum Gasteiger partial charge on any atom is -0.494 e. The number of aryl methyl sites for hydroxylation is 1. The molecule has 0 atom stereocenters. The molecular weight excluding hydrogens is 494 g/mol. The lowest BCUT2D eigenvalue weighted by atomic mass is 10.0. The zero-order chi connectivity index (χ0) is 27.3. The third-order valence-electron chi connectivity index (χ3n) is 5.92. The molecule has 0 bridgehead atoms. The predicted octanol–water partition coefficient (Wildman–Crippen LogP) is 3.17. The van der Waals surface area contributed by atoms with E-state index in [1.807, 2.05) is 0 Å². The lowest BCUT2D eigenvalue weighted by molar-refractivity contribution is -1.92. The molecule has 1 aromatic heterocycles. The fourth-order valence-electron chi connectivity index (χ4n) is 3.79. The second-order valence-corrected chi connectivity index (χ2v) is 9.68. The highest BCUT2D eigenvalue weighted by Gasteiger charge is 2.15. The number of benzene rings is 2. The molecule has 2 aromatic carbocycles. The highest BCUT2D eigenvalue weighted by atomic mass is 35.7. The summed E-state index contributed by atoms with van der Waals surface area (Å²) < 4.78 is 46.7. The third kappa shape index (κ3) is 11.5. The number of unbranched alkanes of at least 4 members (excludes halogenated alkanes) is 4. The number of halogens is 1. The van der Waals surface area contributed by atoms with Gasteiger partial charge in [0.2, 0.25) is 5.69 Å². The van der Waals surface area contributed by atoms with Crippen LogP contribution < -0.4 is 28.0 Å². The van der Waals surface area contributed by atoms with Crippen molar-refractivity contribution in [1.82, 2.24) is 0 Å². The van der Waals surface area contributed by atoms with Crippen LogP contribution in [0.25, 0.3) is 22.4 Å². The van der Waals surface area contributed by atoms with Crippen molar-refractivity contribution < 1.29 is 42.9 Å². The average molecular weight is 533 g/mol. The summed E-state index contributed by atoms with van der Waals surface area (Å²) in [5.74, 6) is 1.88. The molecule has 1 heterocycles. The number of nitrogens with zero attached hydrogens (tertiary/aromatic N) is 1. The van der Waals surface area contributed by atoms with Crippen LogP contribution in [0.3, 0.4) is 0 Å². The summed E-state index contributed by atoms with van der Waals surface area (Å²) in [5, 5.41) is 0. The van der Waals surface area contributed by atoms with Gasteiger partial charge in [-0.05, 0) is 60.4 Å². The largest absolute Gasteiger partial charge is 0.494 e. The molecule has 0 amide bonds. The molecule has 0 aliphatic carbocycles. The highest BCUT2D eigenvalue weighted by Crippen LogP contribution is 2.27. The second kappa shape index (κ2) is 15.5. The summed E-state index contributed by atoms with van der Waals surface area (Å²) in [7, 11) is -2.57. The lowest BCUT2D eigenvalue weighted by Gasteiger charge is -2.10. The van der Waals surface area contributed by atoms with Crippen molar-refractivity contribution in [3.05, 3.63) is 66.4 Å². The van der Waals surface area contributed by atoms with Crippen molar-refractivity contribution in [2.24, 2.45) is 7.05 Å². The minimum absolute atomic E-state index is 0.786. The Labute approximate surface area is 222 Å². The first kappa shape index (κ1) is 30.5. The van der Waals surface area contributed by atoms with Crippen molar-refractivity contribution >= 4 is 0 Å². The van der Waals surface area contributed by atoms with Crippen molar-refractivity contribution in [2.75, 3.05) is 13.2 Å². The molecule has 0 saturated carbocycles. The maximum Gasteiger partial charge on any atom is 0.213 e. The molecule has 0 saturated heterocycles. The van der Waals surface area contributed by atoms with Gasteiger partial charge >= 0.3 is 0 Å². The SMILES string of the molecule is CCCCCOc1ccc(-c2cc(C)[n+](C)c(-c3ccc(OCCCCC)cc3)c2)cc1.[O-][Cl+3]([O-])([O-])O. The van der Waals surface area contributed by atoms with Crippen LogP contribution in [0.4, 0.5) is 0 Å². The second-order valence-electron chi connectivity index (χ2n) is 8.89. The van der Waals surface area contributed by atoms with E-state index >= 15 is 0 Å². The van der Waals surface area contributed by atoms with Gasteiger partial charge in [0, 0.05) is 24.6 Å². The Morgan fingerprint density at radius 1 is 0.703 bits per heavy atom. The van der Waals surface area contributed by atoms with Crippen LogP contribution in [0.2, 0.25) is 0 Å². The van der Waals surface area contributed by atoms with Gasteiger partial charge in [0.25, 0.3) is 0 Å². The van der Waals surface area contributed by atoms with Crippen LogP contribution in [-0.4, -0.2) is 17.9 Å². The van der Waals surface area contributed by atoms with Gasteiger partial charge in [-0.15, -0.1) is 0 Å². The van der Waals surface area contributed by atoms with Crippen LogP contribution in [0.5, 0.6) is 11.5 Å². The van der Waals surface area contributed by atoms with Gasteiger partial charge in [-0.1, -0.05) is 51.7 Å². The zero-order valence-electron chi connectivity index (χ0n) is 22.2. The Balaban J connectivity index is 0.000000877. The molecule has 8 heteroatoms. The van der Waals surface area contributed by atoms with Gasteiger partial charge in [0.05, 0.1) is 28.1 Å². The van der Waals surface area contributed by atoms with E-state index in [-0.39, 0.29) is 0 Å². The molecule has 0 aliphatic heterocycles. The van der Waals surface area contributed by atoms with E-state index in [1.54, 1.807) is 0 Å². The first-order chi connectivity index (χ1) is 17.6. The molecule has 1 N–H and O–H groups in total. The summed E-state index contributed by atoms with van der Waals surface area (Å²) in [6.07, 6.45) is 7.07. The molecule has 0 spiro atoms. The van der Waals surface area contributed by atoms with Gasteiger partial charge in [-0.3, -0.25) is 0 Å². The topological polar surface area (TPSA) is 112 Å². The fraction of sp³-hybridized carbons (Fsp3) is 0.414. The van der Waals surface area contributed by atoms with Crippen LogP contribution in [0, 0.1) is 17.2 Å². The van der Waals surface area contributed by atoms with Crippen LogP contribution >= 0.6 is 0 Å². The molecule has 0 unspecified atom stereocenters. The van der Waals surface area contributed by atoms with E-state index in [0.717, 1.165) is 37.6 Å². The van der Waals surface area contributed by atoms with Gasteiger partial charge in [0.15, 0.2) is 5.69 Å². The molecule has 3 aromatic rings. The number of hydrogen-bond acceptors (Lipinski definition) is 6. The highest BCUT2D eigenvalue weighted by molar-refractivity contribution is 5.70. The Kier molecular flexibility index (Phi) is 12.8. The molecule has 0 fully saturated rings. The van der Waals surface area contributed by atoms with Gasteiger partial charge in [-0.25, -0.2) is 0 Å². The number of pyridine rings is 1. The average Bonchev–Trinajstić information content (AvgIpc) is 2.86. The molecule has 202 valence electrons. The van der Waals surface area contributed by atoms with Crippen molar-refractivity contribution in [1.29, 1.82) is 0 Å². The maximum absolute atomic E-state index is 8.60. The predicted molar refractivity (Wildman–Crippen MR) is 135 cm³/mol. The number of hydrogen-bond donors (Lipinski definition) is 1. The molecule has 7 nitrogen and oxygen atoms in total. The van der Waals surface area contributed by atoms with Crippen molar-refractivity contribution in [3.8, 4) is 33.9 Å². The van der Waals surface area contributed by atoms with Crippen molar-refractivity contribution in [2.45, 2.75) is 59.3 Å². The normalized spacial score (nSPS) is 11.0. The third-order valence-corrected chi connectivity index (χ3v) is 5.92. The Bertz CT molecular complexity index is 1060. The van der Waals surface area contributed by atoms with Gasteiger partial charge in [0.1, 0.15) is 18.5 Å². The van der Waals surface area contributed by atoms with Crippen LogP contribution in [0.1, 0.15) is 58.1 Å². The first-order valence-electron chi connectivity index (χ1n) is 12.7. The van der Waals surface area contributed by atoms with Crippen molar-refractivity contribution in [3.63, 3.8) is 0 Å². The molecule has 37 heavy (non-hydrogen) atoms. The Morgan fingerprint density at radius 2 is 1.14 bits per heavy atom. The first-order valence-corrected chi connectivity index (χ1v) is 14.0. The lowest BCUT2D eigenvalue weighted by Crippen LogP contribution is -2.58. The molecule has 0 radical (unpaired) electrons. The van der Waals surface area contributed by atoms with Crippen LogP contribution in [-0.2, 0) is 7.05 Å². The fourth-order valence-corrected chi connectivity index (χ4v) is 3.79. The Morgan fingerprint density at radius 3 is 1.57 bits per heavy atom. The number of rotatable bonds is 12. The summed E-state index contributed by atoms with van der Waals surface area (Å²) in [6, 6.07) is 21.4. The molecular formula is C29H39ClNO6+. The van der Waals surface area contributed by atoms with E-state index < -0.39 is 10.2 Å².